The number of likely N-dealkylation sites (tertiary alicyclic amines) is 1. The Hall–Kier alpha value is -3.08. The third-order valence-corrected chi connectivity index (χ3v) is 6.66. The fourth-order valence-electron chi connectivity index (χ4n) is 4.76. The standard InChI is InChI=1S/C24H29F3N4O4/c1-4-17(15-10-20(34-3)21(28-12-15)24(25,26)27)29-22(32)16-11-18(31-8-9-35-13-19(16)31)23(33)30-7-5-6-14(30)2/h10-12,14,17H,4-9,13H2,1-3H3,(H,29,32)/t14-,17+/m0/s1. The van der Waals surface area contributed by atoms with Crippen molar-refractivity contribution in [2.45, 2.75) is 64.5 Å². The molecule has 2 atom stereocenters. The predicted molar refractivity (Wildman–Crippen MR) is 120 cm³/mol. The number of fused-ring (bicyclic) bond motifs is 1. The van der Waals surface area contributed by atoms with E-state index in [4.69, 9.17) is 9.47 Å². The molecule has 2 aliphatic heterocycles. The number of rotatable bonds is 6. The first-order valence-corrected chi connectivity index (χ1v) is 11.7. The van der Waals surface area contributed by atoms with Gasteiger partial charge in [-0.1, -0.05) is 6.92 Å². The van der Waals surface area contributed by atoms with Gasteiger partial charge in [0.05, 0.1) is 37.6 Å². The van der Waals surface area contributed by atoms with Gasteiger partial charge in [0.2, 0.25) is 0 Å². The van der Waals surface area contributed by atoms with Gasteiger partial charge >= 0.3 is 6.18 Å². The van der Waals surface area contributed by atoms with E-state index in [1.807, 2.05) is 16.4 Å². The van der Waals surface area contributed by atoms with Crippen molar-refractivity contribution in [3.8, 4) is 5.75 Å². The van der Waals surface area contributed by atoms with Gasteiger partial charge in [0.15, 0.2) is 5.69 Å². The van der Waals surface area contributed by atoms with Gasteiger partial charge in [-0.25, -0.2) is 4.98 Å². The lowest BCUT2D eigenvalue weighted by Gasteiger charge is -2.24. The highest BCUT2D eigenvalue weighted by Crippen LogP contribution is 2.36. The maximum atomic E-state index is 13.3. The lowest BCUT2D eigenvalue weighted by molar-refractivity contribution is -0.142. The Morgan fingerprint density at radius 2 is 2.09 bits per heavy atom. The van der Waals surface area contributed by atoms with Crippen LogP contribution < -0.4 is 10.1 Å². The van der Waals surface area contributed by atoms with Crippen LogP contribution in [0.5, 0.6) is 5.75 Å². The molecule has 0 aromatic carbocycles. The quantitative estimate of drug-likeness (QED) is 0.658. The Kier molecular flexibility index (Phi) is 7.07. The molecule has 0 radical (unpaired) electrons. The summed E-state index contributed by atoms with van der Waals surface area (Å²) in [5.74, 6) is -0.954. The van der Waals surface area contributed by atoms with Gasteiger partial charge in [0.25, 0.3) is 11.8 Å². The van der Waals surface area contributed by atoms with E-state index < -0.39 is 29.6 Å². The van der Waals surface area contributed by atoms with Gasteiger partial charge in [-0.2, -0.15) is 13.2 Å². The number of methoxy groups -OCH3 is 1. The van der Waals surface area contributed by atoms with E-state index in [2.05, 4.69) is 10.3 Å². The second kappa shape index (κ2) is 9.88. The molecule has 0 aliphatic carbocycles. The Balaban J connectivity index is 1.62. The smallest absolute Gasteiger partial charge is 0.437 e. The maximum Gasteiger partial charge on any atom is 0.437 e. The summed E-state index contributed by atoms with van der Waals surface area (Å²) in [6, 6.07) is 2.37. The Labute approximate surface area is 201 Å². The Morgan fingerprint density at radius 3 is 2.71 bits per heavy atom. The van der Waals surface area contributed by atoms with Crippen molar-refractivity contribution in [3.05, 3.63) is 46.5 Å². The number of hydrogen-bond donors (Lipinski definition) is 1. The van der Waals surface area contributed by atoms with Crippen LogP contribution in [0.15, 0.2) is 18.3 Å². The molecule has 1 N–H and O–H groups in total. The number of carbonyl (C=O) groups excluding carboxylic acids is 2. The van der Waals surface area contributed by atoms with Crippen molar-refractivity contribution in [2.24, 2.45) is 0 Å². The van der Waals surface area contributed by atoms with Gasteiger partial charge in [0, 0.05) is 25.3 Å². The first-order valence-electron chi connectivity index (χ1n) is 11.7. The number of nitrogens with zero attached hydrogens (tertiary/aromatic N) is 3. The Morgan fingerprint density at radius 1 is 1.31 bits per heavy atom. The largest absolute Gasteiger partial charge is 0.494 e. The SMILES string of the molecule is CC[C@@H](NC(=O)c1cc(C(=O)N2CCC[C@@H]2C)n2c1COCC2)c1cnc(C(F)(F)F)c(OC)c1. The van der Waals surface area contributed by atoms with Gasteiger partial charge in [-0.05, 0) is 43.9 Å². The monoisotopic (exact) mass is 494 g/mol. The number of amides is 2. The number of nitrogens with one attached hydrogen (secondary N) is 1. The normalized spacial score (nSPS) is 18.8. The average Bonchev–Trinajstić information content (AvgIpc) is 3.44. The molecule has 2 amide bonds. The zero-order valence-corrected chi connectivity index (χ0v) is 19.9. The molecule has 0 spiro atoms. The number of hydrogen-bond acceptors (Lipinski definition) is 5. The van der Waals surface area contributed by atoms with Crippen LogP contribution in [-0.2, 0) is 24.1 Å². The maximum absolute atomic E-state index is 13.3. The number of ether oxygens (including phenoxy) is 2. The minimum Gasteiger partial charge on any atom is -0.494 e. The van der Waals surface area contributed by atoms with E-state index >= 15 is 0 Å². The molecular formula is C24H29F3N4O4. The summed E-state index contributed by atoms with van der Waals surface area (Å²) in [5, 5.41) is 2.88. The molecule has 4 heterocycles. The second-order valence-electron chi connectivity index (χ2n) is 8.84. The summed E-state index contributed by atoms with van der Waals surface area (Å²) in [5.41, 5.74) is 0.653. The number of halogens is 3. The van der Waals surface area contributed by atoms with Crippen LogP contribution in [-0.4, -0.2) is 52.6 Å². The number of carbonyl (C=O) groups is 2. The molecule has 1 saturated heterocycles. The molecule has 2 aliphatic rings. The average molecular weight is 495 g/mol. The van der Waals surface area contributed by atoms with Crippen molar-refractivity contribution in [2.75, 3.05) is 20.3 Å². The van der Waals surface area contributed by atoms with Crippen molar-refractivity contribution in [1.82, 2.24) is 19.8 Å². The molecule has 190 valence electrons. The molecule has 2 aromatic rings. The van der Waals surface area contributed by atoms with Crippen LogP contribution in [0.3, 0.4) is 0 Å². The van der Waals surface area contributed by atoms with Crippen LogP contribution >= 0.6 is 0 Å². The highest BCUT2D eigenvalue weighted by molar-refractivity contribution is 6.01. The fraction of sp³-hybridized carbons (Fsp3) is 0.542. The topological polar surface area (TPSA) is 85.7 Å². The van der Waals surface area contributed by atoms with E-state index in [1.165, 1.54) is 6.07 Å². The molecule has 35 heavy (non-hydrogen) atoms. The third-order valence-electron chi connectivity index (χ3n) is 6.66. The zero-order chi connectivity index (χ0) is 25.3. The molecule has 0 bridgehead atoms. The molecule has 1 fully saturated rings. The summed E-state index contributed by atoms with van der Waals surface area (Å²) in [6.07, 6.45) is -1.26. The highest BCUT2D eigenvalue weighted by Gasteiger charge is 2.37. The Bertz CT molecular complexity index is 1110. The number of aromatic nitrogens is 2. The zero-order valence-electron chi connectivity index (χ0n) is 19.9. The minimum absolute atomic E-state index is 0.110. The summed E-state index contributed by atoms with van der Waals surface area (Å²) >= 11 is 0. The molecule has 2 aromatic heterocycles. The lowest BCUT2D eigenvalue weighted by Crippen LogP contribution is -2.35. The molecule has 8 nitrogen and oxygen atoms in total. The third kappa shape index (κ3) is 4.86. The van der Waals surface area contributed by atoms with Crippen LogP contribution in [0.25, 0.3) is 0 Å². The van der Waals surface area contributed by atoms with Gasteiger partial charge in [-0.15, -0.1) is 0 Å². The second-order valence-corrected chi connectivity index (χ2v) is 8.84. The predicted octanol–water partition coefficient (Wildman–Crippen LogP) is 3.95. The fourth-order valence-corrected chi connectivity index (χ4v) is 4.76. The number of pyridine rings is 1. The van der Waals surface area contributed by atoms with E-state index in [0.29, 0.717) is 48.6 Å². The van der Waals surface area contributed by atoms with E-state index in [0.717, 1.165) is 26.1 Å². The van der Waals surface area contributed by atoms with Crippen LogP contribution in [0.1, 0.15) is 76.9 Å². The first-order chi connectivity index (χ1) is 16.7. The van der Waals surface area contributed by atoms with E-state index in [-0.39, 0.29) is 18.6 Å². The van der Waals surface area contributed by atoms with Crippen LogP contribution in [0.4, 0.5) is 13.2 Å². The van der Waals surface area contributed by atoms with Crippen molar-refractivity contribution in [3.63, 3.8) is 0 Å². The van der Waals surface area contributed by atoms with Gasteiger partial charge in [-0.3, -0.25) is 9.59 Å². The van der Waals surface area contributed by atoms with Crippen molar-refractivity contribution < 1.29 is 32.2 Å². The summed E-state index contributed by atoms with van der Waals surface area (Å²) in [4.78, 5) is 32.0. The molecule has 4 rings (SSSR count). The molecule has 11 heteroatoms. The summed E-state index contributed by atoms with van der Waals surface area (Å²) < 4.78 is 51.9. The lowest BCUT2D eigenvalue weighted by atomic mass is 10.0. The van der Waals surface area contributed by atoms with Crippen molar-refractivity contribution >= 4 is 11.8 Å². The minimum atomic E-state index is -4.66. The summed E-state index contributed by atoms with van der Waals surface area (Å²) in [7, 11) is 1.14. The molecule has 0 unspecified atom stereocenters. The van der Waals surface area contributed by atoms with Crippen LogP contribution in [0, 0.1) is 0 Å². The van der Waals surface area contributed by atoms with Gasteiger partial charge in [0.1, 0.15) is 11.4 Å². The number of alkyl halides is 3. The molecular weight excluding hydrogens is 465 g/mol. The van der Waals surface area contributed by atoms with E-state index in [9.17, 15) is 22.8 Å². The highest BCUT2D eigenvalue weighted by atomic mass is 19.4. The van der Waals surface area contributed by atoms with Crippen LogP contribution in [0.2, 0.25) is 0 Å². The van der Waals surface area contributed by atoms with E-state index in [1.54, 1.807) is 13.0 Å². The first kappa shape index (κ1) is 25.0. The van der Waals surface area contributed by atoms with Gasteiger partial charge < -0.3 is 24.3 Å². The molecule has 0 saturated carbocycles. The summed E-state index contributed by atoms with van der Waals surface area (Å²) in [6.45, 7) is 5.59. The van der Waals surface area contributed by atoms with Crippen molar-refractivity contribution in [1.29, 1.82) is 0 Å².